The Balaban J connectivity index is 2.12. The Morgan fingerprint density at radius 3 is 2.46 bits per heavy atom. The number of ether oxygens (including phenoxy) is 2. The third-order valence-corrected chi connectivity index (χ3v) is 4.39. The molecule has 0 aromatic heterocycles. The van der Waals surface area contributed by atoms with E-state index in [0.29, 0.717) is 16.7 Å². The van der Waals surface area contributed by atoms with Crippen molar-refractivity contribution in [3.05, 3.63) is 28.8 Å². The van der Waals surface area contributed by atoms with Crippen molar-refractivity contribution < 1.29 is 24.2 Å². The van der Waals surface area contributed by atoms with Gasteiger partial charge in [-0.25, -0.2) is 9.59 Å². The van der Waals surface area contributed by atoms with Gasteiger partial charge in [0, 0.05) is 6.42 Å². The van der Waals surface area contributed by atoms with Gasteiger partial charge < -0.3 is 14.6 Å². The summed E-state index contributed by atoms with van der Waals surface area (Å²) in [6, 6.07) is 4.57. The second-order valence-electron chi connectivity index (χ2n) is 7.81. The number of halogens is 1. The van der Waals surface area contributed by atoms with Crippen LogP contribution in [0.15, 0.2) is 18.2 Å². The van der Waals surface area contributed by atoms with Crippen molar-refractivity contribution >= 4 is 23.7 Å². The number of aliphatic carboxylic acids is 1. The van der Waals surface area contributed by atoms with Crippen LogP contribution in [0.2, 0.25) is 5.02 Å². The molecule has 0 aliphatic carbocycles. The molecule has 26 heavy (non-hydrogen) atoms. The lowest BCUT2D eigenvalue weighted by Crippen LogP contribution is -2.43. The maximum atomic E-state index is 12.3. The van der Waals surface area contributed by atoms with Crippen molar-refractivity contribution in [1.82, 2.24) is 4.90 Å². The Hall–Kier alpha value is -1.95. The highest BCUT2D eigenvalue weighted by Gasteiger charge is 2.42. The summed E-state index contributed by atoms with van der Waals surface area (Å²) in [6.45, 7) is 9.48. The fourth-order valence-corrected chi connectivity index (χ4v) is 3.02. The summed E-state index contributed by atoms with van der Waals surface area (Å²) < 4.78 is 11.2. The Morgan fingerprint density at radius 1 is 1.31 bits per heavy atom. The first-order chi connectivity index (χ1) is 12.0. The van der Waals surface area contributed by atoms with E-state index in [1.54, 1.807) is 26.8 Å². The Morgan fingerprint density at radius 2 is 1.96 bits per heavy atom. The van der Waals surface area contributed by atoms with E-state index in [0.717, 1.165) is 5.56 Å². The van der Waals surface area contributed by atoms with Gasteiger partial charge in [0.1, 0.15) is 23.5 Å². The maximum absolute atomic E-state index is 12.3. The lowest BCUT2D eigenvalue weighted by molar-refractivity contribution is -0.142. The third-order valence-electron chi connectivity index (χ3n) is 4.09. The van der Waals surface area contributed by atoms with Crippen molar-refractivity contribution in [2.45, 2.75) is 64.7 Å². The minimum absolute atomic E-state index is 0.133. The lowest BCUT2D eigenvalue weighted by atomic mass is 10.0. The smallest absolute Gasteiger partial charge is 0.411 e. The number of carbonyl (C=O) groups is 2. The molecule has 144 valence electrons. The van der Waals surface area contributed by atoms with E-state index in [4.69, 9.17) is 21.1 Å². The van der Waals surface area contributed by atoms with Gasteiger partial charge in [-0.1, -0.05) is 31.5 Å². The lowest BCUT2D eigenvalue weighted by Gasteiger charge is -2.26. The number of carboxylic acid groups (broad SMARTS) is 1. The molecular weight excluding hydrogens is 358 g/mol. The monoisotopic (exact) mass is 383 g/mol. The number of nitrogens with zero attached hydrogens (tertiary/aromatic N) is 1. The van der Waals surface area contributed by atoms with Gasteiger partial charge in [0.15, 0.2) is 0 Å². The number of carboxylic acids is 1. The number of benzene rings is 1. The van der Waals surface area contributed by atoms with E-state index >= 15 is 0 Å². The molecule has 0 spiro atoms. The molecule has 0 saturated carbocycles. The molecule has 1 fully saturated rings. The summed E-state index contributed by atoms with van der Waals surface area (Å²) in [5, 5.41) is 9.91. The van der Waals surface area contributed by atoms with Gasteiger partial charge in [0.25, 0.3) is 0 Å². The number of hydrogen-bond acceptors (Lipinski definition) is 4. The van der Waals surface area contributed by atoms with Gasteiger partial charge in [-0.05, 0) is 44.4 Å². The molecule has 0 bridgehead atoms. The molecule has 1 saturated heterocycles. The van der Waals surface area contributed by atoms with Crippen LogP contribution in [-0.4, -0.2) is 46.4 Å². The van der Waals surface area contributed by atoms with Crippen LogP contribution < -0.4 is 4.74 Å². The number of carbonyl (C=O) groups excluding carboxylic acids is 1. The summed E-state index contributed by atoms with van der Waals surface area (Å²) >= 11 is 6.29. The molecule has 1 aromatic rings. The molecule has 7 heteroatoms. The van der Waals surface area contributed by atoms with Crippen LogP contribution in [0.25, 0.3) is 0 Å². The second-order valence-corrected chi connectivity index (χ2v) is 8.21. The first kappa shape index (κ1) is 20.4. The van der Waals surface area contributed by atoms with Gasteiger partial charge in [0.2, 0.25) is 0 Å². The number of amides is 1. The van der Waals surface area contributed by atoms with Gasteiger partial charge in [0.05, 0.1) is 11.6 Å². The van der Waals surface area contributed by atoms with Gasteiger partial charge >= 0.3 is 12.1 Å². The fraction of sp³-hybridized carbons (Fsp3) is 0.579. The van der Waals surface area contributed by atoms with E-state index in [1.165, 1.54) is 4.90 Å². The zero-order valence-electron chi connectivity index (χ0n) is 15.8. The molecule has 1 amide bonds. The van der Waals surface area contributed by atoms with Gasteiger partial charge in [-0.3, -0.25) is 4.90 Å². The SMILES string of the molecule is CC(C)c1ccc(O[C@@H]2C[C@H](C(=O)O)N(C(=O)OC(C)(C)C)C2)c(Cl)c1. The van der Waals surface area contributed by atoms with Gasteiger partial charge in [-0.2, -0.15) is 0 Å². The summed E-state index contributed by atoms with van der Waals surface area (Å²) in [6.07, 6.45) is -0.945. The minimum atomic E-state index is -1.08. The Bertz CT molecular complexity index is 683. The summed E-state index contributed by atoms with van der Waals surface area (Å²) in [7, 11) is 0. The fourth-order valence-electron chi connectivity index (χ4n) is 2.79. The van der Waals surface area contributed by atoms with Crippen LogP contribution in [-0.2, 0) is 9.53 Å². The van der Waals surface area contributed by atoms with Crippen molar-refractivity contribution in [2.75, 3.05) is 6.54 Å². The van der Waals surface area contributed by atoms with Crippen molar-refractivity contribution in [3.8, 4) is 5.75 Å². The number of rotatable bonds is 4. The van der Waals surface area contributed by atoms with Crippen LogP contribution in [0.1, 0.15) is 52.5 Å². The summed E-state index contributed by atoms with van der Waals surface area (Å²) in [5.41, 5.74) is 0.391. The van der Waals surface area contributed by atoms with Crippen LogP contribution in [0.3, 0.4) is 0 Å². The minimum Gasteiger partial charge on any atom is -0.487 e. The van der Waals surface area contributed by atoms with E-state index in [9.17, 15) is 14.7 Å². The van der Waals surface area contributed by atoms with E-state index in [1.807, 2.05) is 12.1 Å². The molecular formula is C19H26ClNO5. The van der Waals surface area contributed by atoms with Crippen molar-refractivity contribution in [3.63, 3.8) is 0 Å². The summed E-state index contributed by atoms with van der Waals surface area (Å²) in [4.78, 5) is 25.1. The average Bonchev–Trinajstić information content (AvgIpc) is 2.92. The third kappa shape index (κ3) is 5.04. The number of likely N-dealkylation sites (tertiary alicyclic amines) is 1. The van der Waals surface area contributed by atoms with Crippen molar-refractivity contribution in [1.29, 1.82) is 0 Å². The molecule has 1 aromatic carbocycles. The van der Waals surface area contributed by atoms with Crippen LogP contribution >= 0.6 is 11.6 Å². The molecule has 0 radical (unpaired) electrons. The van der Waals surface area contributed by atoms with Crippen LogP contribution in [0, 0.1) is 0 Å². The summed E-state index contributed by atoms with van der Waals surface area (Å²) in [5.74, 6) is -0.258. The Labute approximate surface area is 159 Å². The molecule has 1 aliphatic heterocycles. The van der Waals surface area contributed by atoms with Crippen LogP contribution in [0.5, 0.6) is 5.75 Å². The normalized spacial score (nSPS) is 20.3. The highest BCUT2D eigenvalue weighted by atomic mass is 35.5. The van der Waals surface area contributed by atoms with E-state index in [-0.39, 0.29) is 13.0 Å². The first-order valence-electron chi connectivity index (χ1n) is 8.66. The molecule has 2 atom stereocenters. The predicted molar refractivity (Wildman–Crippen MR) is 98.9 cm³/mol. The largest absolute Gasteiger partial charge is 0.487 e. The maximum Gasteiger partial charge on any atom is 0.411 e. The predicted octanol–water partition coefficient (Wildman–Crippen LogP) is 4.30. The van der Waals surface area contributed by atoms with E-state index < -0.39 is 29.8 Å². The molecule has 1 N–H and O–H groups in total. The molecule has 6 nitrogen and oxygen atoms in total. The molecule has 1 aliphatic rings. The van der Waals surface area contributed by atoms with Gasteiger partial charge in [-0.15, -0.1) is 0 Å². The first-order valence-corrected chi connectivity index (χ1v) is 9.04. The zero-order chi connectivity index (χ0) is 19.6. The molecule has 0 unspecified atom stereocenters. The molecule has 2 rings (SSSR count). The van der Waals surface area contributed by atoms with Crippen LogP contribution in [0.4, 0.5) is 4.79 Å². The van der Waals surface area contributed by atoms with E-state index in [2.05, 4.69) is 13.8 Å². The Kier molecular flexibility index (Phi) is 6.06. The highest BCUT2D eigenvalue weighted by Crippen LogP contribution is 2.32. The average molecular weight is 384 g/mol. The topological polar surface area (TPSA) is 76.1 Å². The van der Waals surface area contributed by atoms with Crippen molar-refractivity contribution in [2.24, 2.45) is 0 Å². The standard InChI is InChI=1S/C19H26ClNO5/c1-11(2)12-6-7-16(14(20)8-12)25-13-9-15(17(22)23)21(10-13)18(24)26-19(3,4)5/h6-8,11,13,15H,9-10H2,1-5H3,(H,22,23)/t13-,15-/m1/s1. The molecule has 1 heterocycles. The highest BCUT2D eigenvalue weighted by molar-refractivity contribution is 6.32. The number of hydrogen-bond donors (Lipinski definition) is 1. The quantitative estimate of drug-likeness (QED) is 0.838. The second kappa shape index (κ2) is 7.74. The zero-order valence-corrected chi connectivity index (χ0v) is 16.5.